The minimum atomic E-state index is -3.52. The Bertz CT molecular complexity index is 1900. The first-order valence-corrected chi connectivity index (χ1v) is 16.8. The Morgan fingerprint density at radius 2 is 1.79 bits per heavy atom. The first-order valence-electron chi connectivity index (χ1n) is 14.9. The molecule has 10 nitrogen and oxygen atoms in total. The summed E-state index contributed by atoms with van der Waals surface area (Å²) in [7, 11) is -3.52. The predicted molar refractivity (Wildman–Crippen MR) is 178 cm³/mol. The topological polar surface area (TPSA) is 125 Å². The van der Waals surface area contributed by atoms with Gasteiger partial charge in [-0.15, -0.1) is 0 Å². The summed E-state index contributed by atoms with van der Waals surface area (Å²) in [6, 6.07) is 21.6. The number of rotatable bonds is 13. The minimum absolute atomic E-state index is 0.0534. The molecule has 0 aromatic heterocycles. The van der Waals surface area contributed by atoms with Gasteiger partial charge < -0.3 is 24.8 Å². The van der Waals surface area contributed by atoms with Crippen molar-refractivity contribution >= 4 is 33.0 Å². The lowest BCUT2D eigenvalue weighted by Gasteiger charge is -2.28. The van der Waals surface area contributed by atoms with Gasteiger partial charge in [0.2, 0.25) is 15.9 Å². The van der Waals surface area contributed by atoms with Crippen LogP contribution in [0.3, 0.4) is 0 Å². The first kappa shape index (κ1) is 33.2. The first-order chi connectivity index (χ1) is 22.5. The van der Waals surface area contributed by atoms with Gasteiger partial charge in [0.15, 0.2) is 17.3 Å². The summed E-state index contributed by atoms with van der Waals surface area (Å²) in [5.74, 6) is -0.536. The second kappa shape index (κ2) is 14.5. The van der Waals surface area contributed by atoms with Gasteiger partial charge in [-0.1, -0.05) is 36.4 Å². The zero-order valence-corrected chi connectivity index (χ0v) is 26.8. The molecule has 0 bridgehead atoms. The summed E-state index contributed by atoms with van der Waals surface area (Å²) in [6.45, 7) is 11.4. The number of anilines is 2. The fraction of sp³-hybridized carbons (Fsp3) is 0.257. The van der Waals surface area contributed by atoms with Crippen LogP contribution in [0, 0.1) is 25.2 Å². The number of primary amides is 1. The van der Waals surface area contributed by atoms with E-state index >= 15 is 4.39 Å². The Kier molecular flexibility index (Phi) is 10.3. The number of nitrogens with zero attached hydrogens (tertiary/aromatic N) is 2. The average Bonchev–Trinajstić information content (AvgIpc) is 3.56. The Hall–Kier alpha value is -5.12. The fourth-order valence-corrected chi connectivity index (χ4v) is 5.88. The molecule has 4 aromatic rings. The molecule has 244 valence electrons. The second-order valence-electron chi connectivity index (χ2n) is 11.4. The molecule has 1 aliphatic rings. The van der Waals surface area contributed by atoms with Crippen LogP contribution in [0.5, 0.6) is 17.2 Å². The van der Waals surface area contributed by atoms with Crippen LogP contribution in [-0.4, -0.2) is 40.4 Å². The Morgan fingerprint density at radius 3 is 2.45 bits per heavy atom. The van der Waals surface area contributed by atoms with Crippen molar-refractivity contribution in [1.29, 1.82) is 0 Å². The Morgan fingerprint density at radius 1 is 1.06 bits per heavy atom. The lowest BCUT2D eigenvalue weighted by Crippen LogP contribution is -2.23. The van der Waals surface area contributed by atoms with Crippen LogP contribution in [-0.2, 0) is 27.8 Å². The summed E-state index contributed by atoms with van der Waals surface area (Å²) in [6.07, 6.45) is 1.97. The molecule has 4 aromatic carbocycles. The van der Waals surface area contributed by atoms with Gasteiger partial charge in [0.1, 0.15) is 11.5 Å². The highest BCUT2D eigenvalue weighted by Gasteiger charge is 2.19. The average molecular weight is 659 g/mol. The SMILES string of the molecule is [C-]#[N+]c1ccc(CN(Cc2ccc(Oc3cc(OCC4CCOC4)cc(C(N)=O)c3)c(F)c2)c2cccc(NS(C)(=O)=O)c2C)cc1. The van der Waals surface area contributed by atoms with Crippen molar-refractivity contribution in [2.75, 3.05) is 35.7 Å². The summed E-state index contributed by atoms with van der Waals surface area (Å²) >= 11 is 0. The van der Waals surface area contributed by atoms with E-state index in [4.69, 9.17) is 26.5 Å². The molecule has 47 heavy (non-hydrogen) atoms. The molecular formula is C35H35FN4O6S. The predicted octanol–water partition coefficient (Wildman–Crippen LogP) is 6.57. The summed E-state index contributed by atoms with van der Waals surface area (Å²) in [4.78, 5) is 17.4. The van der Waals surface area contributed by atoms with E-state index in [0.29, 0.717) is 54.6 Å². The molecular weight excluding hydrogens is 623 g/mol. The van der Waals surface area contributed by atoms with E-state index in [1.807, 2.05) is 30.0 Å². The third kappa shape index (κ3) is 9.00. The maximum Gasteiger partial charge on any atom is 0.248 e. The molecule has 12 heteroatoms. The quantitative estimate of drug-likeness (QED) is 0.156. The second-order valence-corrected chi connectivity index (χ2v) is 13.2. The van der Waals surface area contributed by atoms with Gasteiger partial charge in [-0.2, -0.15) is 0 Å². The number of carbonyl (C=O) groups excluding carboxylic acids is 1. The summed E-state index contributed by atoms with van der Waals surface area (Å²) in [5.41, 5.74) is 9.62. The van der Waals surface area contributed by atoms with Crippen LogP contribution < -0.4 is 24.8 Å². The maximum absolute atomic E-state index is 15.6. The number of halogens is 1. The molecule has 0 radical (unpaired) electrons. The number of nitrogens with one attached hydrogen (secondary N) is 1. The van der Waals surface area contributed by atoms with Crippen molar-refractivity contribution in [3.63, 3.8) is 0 Å². The van der Waals surface area contributed by atoms with Crippen LogP contribution in [0.25, 0.3) is 4.85 Å². The summed E-state index contributed by atoms with van der Waals surface area (Å²) in [5, 5.41) is 0. The van der Waals surface area contributed by atoms with Crippen LogP contribution in [0.2, 0.25) is 0 Å². The van der Waals surface area contributed by atoms with E-state index in [2.05, 4.69) is 9.57 Å². The Labute approximate surface area is 273 Å². The third-order valence-corrected chi connectivity index (χ3v) is 8.24. The fourth-order valence-electron chi connectivity index (χ4n) is 5.26. The van der Waals surface area contributed by atoms with Crippen molar-refractivity contribution in [2.24, 2.45) is 11.7 Å². The molecule has 5 rings (SSSR count). The highest BCUT2D eigenvalue weighted by Crippen LogP contribution is 2.33. The number of hydrogen-bond donors (Lipinski definition) is 2. The van der Waals surface area contributed by atoms with Gasteiger partial charge >= 0.3 is 0 Å². The lowest BCUT2D eigenvalue weighted by atomic mass is 10.1. The maximum atomic E-state index is 15.6. The zero-order chi connectivity index (χ0) is 33.6. The Balaban J connectivity index is 1.40. The monoisotopic (exact) mass is 658 g/mol. The van der Waals surface area contributed by atoms with Crippen LogP contribution in [0.1, 0.15) is 33.5 Å². The van der Waals surface area contributed by atoms with E-state index < -0.39 is 21.7 Å². The molecule has 3 N–H and O–H groups in total. The number of carbonyl (C=O) groups is 1. The van der Waals surface area contributed by atoms with Crippen molar-refractivity contribution in [2.45, 2.75) is 26.4 Å². The van der Waals surface area contributed by atoms with Crippen LogP contribution >= 0.6 is 0 Å². The number of sulfonamides is 1. The van der Waals surface area contributed by atoms with Gasteiger partial charge in [-0.3, -0.25) is 9.52 Å². The number of nitrogens with two attached hydrogens (primary N) is 1. The zero-order valence-electron chi connectivity index (χ0n) is 26.0. The molecule has 1 heterocycles. The molecule has 1 amide bonds. The highest BCUT2D eigenvalue weighted by molar-refractivity contribution is 7.92. The molecule has 1 atom stereocenters. The number of amides is 1. The highest BCUT2D eigenvalue weighted by atomic mass is 32.2. The molecule has 1 fully saturated rings. The van der Waals surface area contributed by atoms with Crippen molar-refractivity contribution in [3.05, 3.63) is 118 Å². The van der Waals surface area contributed by atoms with E-state index in [1.165, 1.54) is 24.3 Å². The molecule has 0 spiro atoms. The molecule has 1 saturated heterocycles. The molecule has 0 saturated carbocycles. The summed E-state index contributed by atoms with van der Waals surface area (Å²) < 4.78 is 59.2. The normalized spacial score (nSPS) is 14.3. The standard InChI is InChI=1S/C35H35FN4O6S/c1-23-32(39-47(3,42)43)5-4-6-33(23)40(19-24-7-10-28(38-2)11-8-24)20-25-9-12-34(31(36)15-25)46-30-17-27(35(37)41)16-29(18-30)45-22-26-13-14-44-21-26/h4-12,15-18,26,39H,13-14,19-22H2,1,3H3,(H2,37,41). The van der Waals surface area contributed by atoms with Gasteiger partial charge in [0.25, 0.3) is 0 Å². The molecule has 0 aliphatic carbocycles. The molecule has 1 aliphatic heterocycles. The van der Waals surface area contributed by atoms with E-state index in [-0.39, 0.29) is 29.5 Å². The largest absolute Gasteiger partial charge is 0.493 e. The van der Waals surface area contributed by atoms with E-state index in [1.54, 1.807) is 36.4 Å². The number of hydrogen-bond acceptors (Lipinski definition) is 7. The number of ether oxygens (including phenoxy) is 3. The smallest absolute Gasteiger partial charge is 0.248 e. The van der Waals surface area contributed by atoms with Crippen molar-refractivity contribution < 1.29 is 31.8 Å². The van der Waals surface area contributed by atoms with Gasteiger partial charge in [0.05, 0.1) is 31.7 Å². The third-order valence-electron chi connectivity index (χ3n) is 7.65. The van der Waals surface area contributed by atoms with Crippen molar-refractivity contribution in [3.8, 4) is 17.2 Å². The van der Waals surface area contributed by atoms with Gasteiger partial charge in [-0.05, 0) is 66.4 Å². The van der Waals surface area contributed by atoms with Gasteiger partial charge in [0, 0.05) is 42.9 Å². The van der Waals surface area contributed by atoms with E-state index in [9.17, 15) is 13.2 Å². The minimum Gasteiger partial charge on any atom is -0.493 e. The van der Waals surface area contributed by atoms with Crippen LogP contribution in [0.4, 0.5) is 21.5 Å². The van der Waals surface area contributed by atoms with E-state index in [0.717, 1.165) is 23.9 Å². The van der Waals surface area contributed by atoms with Crippen molar-refractivity contribution in [1.82, 2.24) is 0 Å². The van der Waals surface area contributed by atoms with Gasteiger partial charge in [-0.25, -0.2) is 17.7 Å². The lowest BCUT2D eigenvalue weighted by molar-refractivity contribution is 0.0999. The van der Waals surface area contributed by atoms with Crippen LogP contribution in [0.15, 0.2) is 78.9 Å². The molecule has 1 unspecified atom stereocenters. The number of benzene rings is 4.